The number of rotatable bonds is 10. The first-order valence-corrected chi connectivity index (χ1v) is 12.3. The lowest BCUT2D eigenvalue weighted by atomic mass is 10.1. The van der Waals surface area contributed by atoms with Gasteiger partial charge in [-0.25, -0.2) is 9.59 Å². The van der Waals surface area contributed by atoms with Crippen LogP contribution in [0.25, 0.3) is 11.0 Å². The lowest BCUT2D eigenvalue weighted by molar-refractivity contribution is -0.384. The van der Waals surface area contributed by atoms with Crippen LogP contribution in [0.4, 0.5) is 10.5 Å². The summed E-state index contributed by atoms with van der Waals surface area (Å²) in [6, 6.07) is 8.52. The van der Waals surface area contributed by atoms with Crippen molar-refractivity contribution >= 4 is 34.6 Å². The molecule has 14 nitrogen and oxygen atoms in total. The zero-order valence-corrected chi connectivity index (χ0v) is 23.1. The molecule has 3 N–H and O–H groups in total. The molecule has 3 aromatic rings. The van der Waals surface area contributed by atoms with Crippen LogP contribution < -0.4 is 31.0 Å². The Morgan fingerprint density at radius 2 is 1.63 bits per heavy atom. The van der Waals surface area contributed by atoms with Crippen molar-refractivity contribution in [2.24, 2.45) is 0 Å². The molecule has 0 aliphatic rings. The summed E-state index contributed by atoms with van der Waals surface area (Å²) in [7, 11) is 2.86. The first-order valence-electron chi connectivity index (χ1n) is 12.3. The van der Waals surface area contributed by atoms with E-state index in [1.54, 1.807) is 20.8 Å². The Balaban J connectivity index is 1.77. The molecule has 3 rings (SSSR count). The number of carbonyl (C=O) groups is 3. The molecule has 41 heavy (non-hydrogen) atoms. The van der Waals surface area contributed by atoms with Crippen LogP contribution in [0, 0.1) is 10.1 Å². The number of ether oxygens (including phenoxy) is 3. The third-order valence-corrected chi connectivity index (χ3v) is 5.57. The normalized spacial score (nSPS) is 11.7. The van der Waals surface area contributed by atoms with Gasteiger partial charge in [-0.05, 0) is 38.5 Å². The van der Waals surface area contributed by atoms with Crippen molar-refractivity contribution in [3.8, 4) is 11.5 Å². The van der Waals surface area contributed by atoms with Gasteiger partial charge in [0, 0.05) is 36.7 Å². The van der Waals surface area contributed by atoms with Gasteiger partial charge in [-0.2, -0.15) is 0 Å². The highest BCUT2D eigenvalue weighted by molar-refractivity contribution is 5.97. The Bertz CT molecular complexity index is 1510. The zero-order valence-electron chi connectivity index (χ0n) is 23.1. The van der Waals surface area contributed by atoms with Crippen LogP contribution in [0.2, 0.25) is 0 Å². The Kier molecular flexibility index (Phi) is 9.50. The van der Waals surface area contributed by atoms with Gasteiger partial charge in [0.2, 0.25) is 5.91 Å². The van der Waals surface area contributed by atoms with Crippen LogP contribution in [-0.2, 0) is 16.1 Å². The van der Waals surface area contributed by atoms with Crippen LogP contribution in [0.1, 0.15) is 36.7 Å². The maximum absolute atomic E-state index is 13.0. The predicted molar refractivity (Wildman–Crippen MR) is 146 cm³/mol. The highest BCUT2D eigenvalue weighted by Crippen LogP contribution is 2.31. The second kappa shape index (κ2) is 12.8. The second-order valence-corrected chi connectivity index (χ2v) is 9.74. The number of benzene rings is 2. The van der Waals surface area contributed by atoms with E-state index in [0.29, 0.717) is 22.4 Å². The molecule has 0 spiro atoms. The largest absolute Gasteiger partial charge is 0.493 e. The average molecular weight is 571 g/mol. The molecule has 2 aromatic carbocycles. The number of fused-ring (bicyclic) bond motifs is 1. The number of nitro benzene ring substituents is 1. The molecule has 0 saturated heterocycles. The quantitative estimate of drug-likeness (QED) is 0.186. The molecular weight excluding hydrogens is 540 g/mol. The zero-order chi connectivity index (χ0) is 30.3. The summed E-state index contributed by atoms with van der Waals surface area (Å²) >= 11 is 0. The van der Waals surface area contributed by atoms with E-state index in [-0.39, 0.29) is 23.4 Å². The number of non-ortho nitro benzene ring substituents is 1. The summed E-state index contributed by atoms with van der Waals surface area (Å²) in [5.74, 6) is -0.853. The van der Waals surface area contributed by atoms with Gasteiger partial charge < -0.3 is 34.6 Å². The molecule has 0 radical (unpaired) electrons. The smallest absolute Gasteiger partial charge is 0.408 e. The van der Waals surface area contributed by atoms with Crippen molar-refractivity contribution in [1.82, 2.24) is 16.0 Å². The number of carbonyl (C=O) groups excluding carboxylic acids is 3. The number of hydrogen-bond acceptors (Lipinski definition) is 10. The van der Waals surface area contributed by atoms with Gasteiger partial charge >= 0.3 is 11.7 Å². The fourth-order valence-corrected chi connectivity index (χ4v) is 3.60. The van der Waals surface area contributed by atoms with Crippen LogP contribution in [0.3, 0.4) is 0 Å². The third kappa shape index (κ3) is 8.17. The molecule has 3 amide bonds. The molecule has 0 unspecified atom stereocenters. The number of hydrogen-bond donors (Lipinski definition) is 3. The average Bonchev–Trinajstić information content (AvgIpc) is 2.91. The van der Waals surface area contributed by atoms with E-state index in [1.165, 1.54) is 56.7 Å². The summed E-state index contributed by atoms with van der Waals surface area (Å²) < 4.78 is 20.9. The minimum Gasteiger partial charge on any atom is -0.493 e. The summed E-state index contributed by atoms with van der Waals surface area (Å²) in [4.78, 5) is 61.2. The first kappa shape index (κ1) is 30.4. The fourth-order valence-electron chi connectivity index (χ4n) is 3.60. The number of nitro groups is 1. The molecule has 0 aliphatic heterocycles. The van der Waals surface area contributed by atoms with Crippen LogP contribution in [0.5, 0.6) is 11.5 Å². The van der Waals surface area contributed by atoms with E-state index in [0.717, 1.165) is 0 Å². The number of amides is 3. The Morgan fingerprint density at radius 1 is 1.00 bits per heavy atom. The molecular formula is C27H30N4O10. The summed E-state index contributed by atoms with van der Waals surface area (Å²) in [6.07, 6.45) is -0.909. The van der Waals surface area contributed by atoms with Crippen molar-refractivity contribution in [2.75, 3.05) is 20.8 Å². The van der Waals surface area contributed by atoms with Gasteiger partial charge in [-0.3, -0.25) is 19.7 Å². The molecule has 1 atom stereocenters. The number of alkyl carbamates (subject to hydrolysis) is 1. The standard InChI is InChI=1S/C27H30N4O10/c1-27(2,3)41-26(35)30-19(24(33)28-13-15-6-8-17(9-7-15)31(36)37)14-29-23(32)18-10-16-11-21(38-4)22(39-5)12-20(16)40-25(18)34/h6-12,19H,13-14H2,1-5H3,(H,28,33)(H,29,32)(H,30,35)/t19-/m0/s1. The minimum atomic E-state index is -1.30. The molecule has 1 aromatic heterocycles. The molecule has 14 heteroatoms. The first-order chi connectivity index (χ1) is 19.3. The van der Waals surface area contributed by atoms with Gasteiger partial charge in [0.15, 0.2) is 11.5 Å². The molecule has 0 saturated carbocycles. The predicted octanol–water partition coefficient (Wildman–Crippen LogP) is 2.66. The van der Waals surface area contributed by atoms with Gasteiger partial charge in [0.05, 0.1) is 19.1 Å². The molecule has 0 fully saturated rings. The van der Waals surface area contributed by atoms with Crippen LogP contribution >= 0.6 is 0 Å². The van der Waals surface area contributed by atoms with E-state index in [9.17, 15) is 29.3 Å². The number of methoxy groups -OCH3 is 2. The van der Waals surface area contributed by atoms with E-state index in [1.807, 2.05) is 0 Å². The Labute approximate surface area is 234 Å². The van der Waals surface area contributed by atoms with Crippen LogP contribution in [-0.4, -0.2) is 55.2 Å². The lowest BCUT2D eigenvalue weighted by Crippen LogP contribution is -2.53. The molecule has 0 bridgehead atoms. The molecule has 0 aliphatic carbocycles. The minimum absolute atomic E-state index is 0.0170. The molecule has 218 valence electrons. The SMILES string of the molecule is COc1cc2cc(C(=O)NC[C@H](NC(=O)OC(C)(C)C)C(=O)NCc3ccc([N+](=O)[O-])cc3)c(=O)oc2cc1OC. The van der Waals surface area contributed by atoms with Gasteiger partial charge in [0.25, 0.3) is 11.6 Å². The van der Waals surface area contributed by atoms with Crippen molar-refractivity contribution in [3.63, 3.8) is 0 Å². The van der Waals surface area contributed by atoms with Crippen molar-refractivity contribution in [2.45, 2.75) is 39.0 Å². The topological polar surface area (TPSA) is 188 Å². The van der Waals surface area contributed by atoms with E-state index >= 15 is 0 Å². The summed E-state index contributed by atoms with van der Waals surface area (Å²) in [6.45, 7) is 4.50. The van der Waals surface area contributed by atoms with Crippen molar-refractivity contribution in [3.05, 3.63) is 74.1 Å². The highest BCUT2D eigenvalue weighted by atomic mass is 16.6. The fraction of sp³-hybridized carbons (Fsp3) is 0.333. The maximum Gasteiger partial charge on any atom is 0.408 e. The summed E-state index contributed by atoms with van der Waals surface area (Å²) in [5.41, 5.74) is -1.51. The lowest BCUT2D eigenvalue weighted by Gasteiger charge is -2.23. The van der Waals surface area contributed by atoms with E-state index in [4.69, 9.17) is 18.6 Å². The van der Waals surface area contributed by atoms with Gasteiger partial charge in [-0.15, -0.1) is 0 Å². The Hall–Kier alpha value is -5.14. The Morgan fingerprint density at radius 3 is 2.22 bits per heavy atom. The van der Waals surface area contributed by atoms with Crippen molar-refractivity contribution < 1.29 is 37.9 Å². The highest BCUT2D eigenvalue weighted by Gasteiger charge is 2.26. The van der Waals surface area contributed by atoms with Crippen molar-refractivity contribution in [1.29, 1.82) is 0 Å². The third-order valence-electron chi connectivity index (χ3n) is 5.57. The second-order valence-electron chi connectivity index (χ2n) is 9.74. The number of nitrogens with zero attached hydrogens (tertiary/aromatic N) is 1. The van der Waals surface area contributed by atoms with E-state index in [2.05, 4.69) is 16.0 Å². The number of nitrogens with one attached hydrogen (secondary N) is 3. The molecule has 1 heterocycles. The van der Waals surface area contributed by atoms with Crippen LogP contribution in [0.15, 0.2) is 51.7 Å². The maximum atomic E-state index is 13.0. The van der Waals surface area contributed by atoms with Gasteiger partial charge in [-0.1, -0.05) is 12.1 Å². The van der Waals surface area contributed by atoms with E-state index < -0.39 is 46.6 Å². The summed E-state index contributed by atoms with van der Waals surface area (Å²) in [5, 5.41) is 18.7. The monoisotopic (exact) mass is 570 g/mol. The van der Waals surface area contributed by atoms with Gasteiger partial charge in [0.1, 0.15) is 22.8 Å².